The highest BCUT2D eigenvalue weighted by Gasteiger charge is 2.25. The molecule has 0 saturated heterocycles. The van der Waals surface area contributed by atoms with Crippen LogP contribution >= 0.6 is 9.24 Å². The Labute approximate surface area is 140 Å². The maximum Gasteiger partial charge on any atom is -0.0407 e. The highest BCUT2D eigenvalue weighted by atomic mass is 31.0. The van der Waals surface area contributed by atoms with E-state index in [-0.39, 0.29) is 0 Å². The second kappa shape index (κ2) is 22.7. The monoisotopic (exact) mass is 318 g/mol. The van der Waals surface area contributed by atoms with E-state index in [2.05, 4.69) is 43.9 Å². The first-order chi connectivity index (χ1) is 10.1. The van der Waals surface area contributed by atoms with Gasteiger partial charge in [-0.1, -0.05) is 93.7 Å². The van der Waals surface area contributed by atoms with Gasteiger partial charge in [0.2, 0.25) is 0 Å². The van der Waals surface area contributed by atoms with Crippen molar-refractivity contribution in [3.63, 3.8) is 0 Å². The van der Waals surface area contributed by atoms with E-state index in [1.807, 2.05) is 20.5 Å². The highest BCUT2D eigenvalue weighted by molar-refractivity contribution is 7.15. The summed E-state index contributed by atoms with van der Waals surface area (Å²) in [5, 5.41) is 0. The Bertz CT molecular complexity index is 146. The first-order valence-corrected chi connectivity index (χ1v) is 10.9. The average Bonchev–Trinajstić information content (AvgIpc) is 2.51. The first kappa shape index (κ1) is 26.3. The fourth-order valence-electron chi connectivity index (χ4n) is 2.67. The molecule has 0 aliphatic heterocycles. The summed E-state index contributed by atoms with van der Waals surface area (Å²) in [6, 6.07) is 0. The van der Waals surface area contributed by atoms with Gasteiger partial charge in [0.25, 0.3) is 0 Å². The molecule has 2 unspecified atom stereocenters. The third kappa shape index (κ3) is 20.4. The van der Waals surface area contributed by atoms with E-state index in [9.17, 15) is 0 Å². The Morgan fingerprint density at radius 3 is 1.62 bits per heavy atom. The van der Waals surface area contributed by atoms with Gasteiger partial charge in [0.05, 0.1) is 0 Å². The highest BCUT2D eigenvalue weighted by Crippen LogP contribution is 2.37. The lowest BCUT2D eigenvalue weighted by atomic mass is 9.72. The summed E-state index contributed by atoms with van der Waals surface area (Å²) < 4.78 is 0. The molecule has 0 aromatic heterocycles. The van der Waals surface area contributed by atoms with Crippen LogP contribution in [0.1, 0.15) is 106 Å². The third-order valence-electron chi connectivity index (χ3n) is 4.11. The van der Waals surface area contributed by atoms with Crippen molar-refractivity contribution in [1.82, 2.24) is 0 Å². The minimum absolute atomic E-state index is 0.970. The van der Waals surface area contributed by atoms with Crippen molar-refractivity contribution in [1.29, 1.82) is 0 Å². The molecule has 1 saturated carbocycles. The van der Waals surface area contributed by atoms with Gasteiger partial charge in [-0.25, -0.2) is 0 Å². The standard InChI is InChI=1S/C10H20.C7H16.C2H6.CH5P/c1-4-8(2)5-10-6-9(3)7-10;1-3-5-7-6-4-2;2*1-2/h8-10H,4-7H2,1-3H3;3-7H2,1-2H3;1-2H3;2H2,1H3. The van der Waals surface area contributed by atoms with Crippen LogP contribution in [0.25, 0.3) is 0 Å². The minimum atomic E-state index is 0.970. The summed E-state index contributed by atoms with van der Waals surface area (Å²) in [4.78, 5) is 0. The molecule has 1 heteroatoms. The molecule has 0 N–H and O–H groups in total. The lowest BCUT2D eigenvalue weighted by Crippen LogP contribution is -2.22. The smallest absolute Gasteiger partial charge is 0.0407 e. The third-order valence-corrected chi connectivity index (χ3v) is 4.11. The van der Waals surface area contributed by atoms with E-state index in [4.69, 9.17) is 0 Å². The lowest BCUT2D eigenvalue weighted by Gasteiger charge is -2.34. The molecule has 0 spiro atoms. The molecule has 0 aromatic rings. The van der Waals surface area contributed by atoms with E-state index in [1.165, 1.54) is 57.8 Å². The largest absolute Gasteiger partial charge is 0.141 e. The molecular formula is C20H47P. The molecule has 1 fully saturated rings. The van der Waals surface area contributed by atoms with Crippen LogP contribution < -0.4 is 0 Å². The number of rotatable bonds is 7. The quantitative estimate of drug-likeness (QED) is 0.330. The molecule has 1 aliphatic carbocycles. The van der Waals surface area contributed by atoms with Gasteiger partial charge in [-0.2, -0.15) is 0 Å². The Hall–Kier alpha value is 0.430. The van der Waals surface area contributed by atoms with Crippen LogP contribution in [0.3, 0.4) is 0 Å². The Morgan fingerprint density at radius 2 is 1.33 bits per heavy atom. The van der Waals surface area contributed by atoms with E-state index in [0.717, 1.165) is 17.8 Å². The Morgan fingerprint density at radius 1 is 0.905 bits per heavy atom. The maximum absolute atomic E-state index is 2.42. The molecule has 0 radical (unpaired) electrons. The van der Waals surface area contributed by atoms with Crippen molar-refractivity contribution < 1.29 is 0 Å². The molecule has 2 atom stereocenters. The zero-order valence-electron chi connectivity index (χ0n) is 16.7. The zero-order chi connectivity index (χ0) is 17.1. The van der Waals surface area contributed by atoms with Gasteiger partial charge in [0.1, 0.15) is 0 Å². The number of hydrogen-bond donors (Lipinski definition) is 0. The molecule has 0 heterocycles. The van der Waals surface area contributed by atoms with Gasteiger partial charge in [0.15, 0.2) is 0 Å². The van der Waals surface area contributed by atoms with Crippen LogP contribution in [-0.2, 0) is 0 Å². The van der Waals surface area contributed by atoms with Crippen molar-refractivity contribution in [2.24, 2.45) is 17.8 Å². The van der Waals surface area contributed by atoms with E-state index < -0.39 is 0 Å². The minimum Gasteiger partial charge on any atom is -0.141 e. The molecule has 0 bridgehead atoms. The predicted molar refractivity (Wildman–Crippen MR) is 107 cm³/mol. The van der Waals surface area contributed by atoms with Crippen molar-refractivity contribution in [2.45, 2.75) is 106 Å². The molecule has 21 heavy (non-hydrogen) atoms. The molecular weight excluding hydrogens is 271 g/mol. The van der Waals surface area contributed by atoms with Crippen LogP contribution in [0.2, 0.25) is 0 Å². The molecule has 0 amide bonds. The summed E-state index contributed by atoms with van der Waals surface area (Å²) in [7, 11) is 2.42. The second-order valence-electron chi connectivity index (χ2n) is 6.25. The van der Waals surface area contributed by atoms with Crippen LogP contribution in [0.4, 0.5) is 0 Å². The summed E-state index contributed by atoms with van der Waals surface area (Å²) in [6.07, 6.45) is 12.9. The zero-order valence-corrected chi connectivity index (χ0v) is 17.8. The summed E-state index contributed by atoms with van der Waals surface area (Å²) in [5.74, 6) is 3.09. The number of unbranched alkanes of at least 4 members (excludes halogenated alkanes) is 4. The van der Waals surface area contributed by atoms with Crippen molar-refractivity contribution in [3.05, 3.63) is 0 Å². The fourth-order valence-corrected chi connectivity index (χ4v) is 2.67. The van der Waals surface area contributed by atoms with Crippen molar-refractivity contribution in [2.75, 3.05) is 6.66 Å². The Balaban J connectivity index is -0.000000260. The van der Waals surface area contributed by atoms with E-state index in [1.54, 1.807) is 0 Å². The summed E-state index contributed by atoms with van der Waals surface area (Å²) >= 11 is 0. The lowest BCUT2D eigenvalue weighted by molar-refractivity contribution is 0.175. The van der Waals surface area contributed by atoms with Crippen LogP contribution in [0.5, 0.6) is 0 Å². The molecule has 1 rings (SSSR count). The summed E-state index contributed by atoms with van der Waals surface area (Å²) in [6.45, 7) is 17.5. The van der Waals surface area contributed by atoms with Crippen LogP contribution in [0.15, 0.2) is 0 Å². The average molecular weight is 319 g/mol. The molecule has 0 aromatic carbocycles. The van der Waals surface area contributed by atoms with Crippen LogP contribution in [-0.4, -0.2) is 6.66 Å². The van der Waals surface area contributed by atoms with E-state index >= 15 is 0 Å². The first-order valence-electron chi connectivity index (χ1n) is 9.71. The van der Waals surface area contributed by atoms with Gasteiger partial charge in [0, 0.05) is 0 Å². The van der Waals surface area contributed by atoms with Gasteiger partial charge in [-0.15, -0.1) is 9.24 Å². The SMILES string of the molecule is CC.CCC(C)CC1CC(C)C1.CCCCCCC.CP. The van der Waals surface area contributed by atoms with E-state index in [0.29, 0.717) is 0 Å². The predicted octanol–water partition coefficient (Wildman–Crippen LogP) is 7.96. The second-order valence-corrected chi connectivity index (χ2v) is 6.25. The van der Waals surface area contributed by atoms with Gasteiger partial charge in [-0.3, -0.25) is 0 Å². The molecule has 1 aliphatic rings. The van der Waals surface area contributed by atoms with Gasteiger partial charge >= 0.3 is 0 Å². The maximum atomic E-state index is 2.42. The van der Waals surface area contributed by atoms with Gasteiger partial charge < -0.3 is 0 Å². The molecule has 0 nitrogen and oxygen atoms in total. The van der Waals surface area contributed by atoms with Crippen molar-refractivity contribution >= 4 is 9.24 Å². The molecule has 132 valence electrons. The van der Waals surface area contributed by atoms with Crippen LogP contribution in [0, 0.1) is 17.8 Å². The van der Waals surface area contributed by atoms with Gasteiger partial charge in [-0.05, 0) is 37.0 Å². The number of hydrogen-bond acceptors (Lipinski definition) is 0. The topological polar surface area (TPSA) is 0 Å². The van der Waals surface area contributed by atoms with Crippen molar-refractivity contribution in [3.8, 4) is 0 Å². The fraction of sp³-hybridized carbons (Fsp3) is 1.00. The normalized spacial score (nSPS) is 20.4. The Kier molecular flexibility index (Phi) is 28.5. The summed E-state index contributed by atoms with van der Waals surface area (Å²) in [5.41, 5.74) is 0.